The maximum Gasteiger partial charge on any atom is 0.416 e. The van der Waals surface area contributed by atoms with Crippen LogP contribution in [-0.2, 0) is 23.8 Å². The number of hydrogen-bond donors (Lipinski definition) is 1. The van der Waals surface area contributed by atoms with Crippen molar-refractivity contribution in [2.45, 2.75) is 63.5 Å². The monoisotopic (exact) mass is 514 g/mol. The molecule has 0 atom stereocenters. The maximum absolute atomic E-state index is 13.1. The van der Waals surface area contributed by atoms with Crippen LogP contribution in [0.5, 0.6) is 5.75 Å². The first kappa shape index (κ1) is 27.2. The Labute approximate surface area is 217 Å². The number of unbranched alkanes of at least 4 members (excludes halogenated alkanes) is 1. The number of nitrogens with one attached hydrogen (secondary N) is 1. The van der Waals surface area contributed by atoms with E-state index in [4.69, 9.17) is 4.74 Å². The zero-order chi connectivity index (χ0) is 26.3. The zero-order valence-corrected chi connectivity index (χ0v) is 21.6. The molecule has 4 rings (SSSR count). The number of carbonyl (C=O) groups excluding carboxylic acids is 1. The molecular formula is C30H37F3N2O2. The Bertz CT molecular complexity index is 1090. The third-order valence-electron chi connectivity index (χ3n) is 7.62. The predicted octanol–water partition coefficient (Wildman–Crippen LogP) is 6.38. The summed E-state index contributed by atoms with van der Waals surface area (Å²) in [6, 6.07) is 9.85. The number of halogens is 3. The van der Waals surface area contributed by atoms with Crippen LogP contribution in [-0.4, -0.2) is 44.1 Å². The molecule has 1 N–H and O–H groups in total. The second kappa shape index (κ2) is 12.6. The van der Waals surface area contributed by atoms with Gasteiger partial charge in [0.05, 0.1) is 12.7 Å². The van der Waals surface area contributed by atoms with Crippen LogP contribution < -0.4 is 10.1 Å². The lowest BCUT2D eigenvalue weighted by atomic mass is 9.83. The van der Waals surface area contributed by atoms with Crippen LogP contribution in [0.2, 0.25) is 0 Å². The fourth-order valence-electron chi connectivity index (χ4n) is 5.64. The third kappa shape index (κ3) is 7.16. The lowest BCUT2D eigenvalue weighted by Gasteiger charge is -2.33. The summed E-state index contributed by atoms with van der Waals surface area (Å²) in [7, 11) is 1.80. The van der Waals surface area contributed by atoms with Crippen molar-refractivity contribution in [3.63, 3.8) is 0 Å². The van der Waals surface area contributed by atoms with Crippen LogP contribution in [0.1, 0.15) is 72.3 Å². The van der Waals surface area contributed by atoms with E-state index in [1.807, 2.05) is 0 Å². The summed E-state index contributed by atoms with van der Waals surface area (Å²) >= 11 is 0. The molecule has 2 aromatic carbocycles. The molecule has 4 nitrogen and oxygen atoms in total. The van der Waals surface area contributed by atoms with E-state index in [9.17, 15) is 18.0 Å². The van der Waals surface area contributed by atoms with E-state index in [0.717, 1.165) is 70.0 Å². The molecule has 1 aliphatic carbocycles. The van der Waals surface area contributed by atoms with Gasteiger partial charge in [0.25, 0.3) is 0 Å². The van der Waals surface area contributed by atoms with E-state index in [0.29, 0.717) is 12.5 Å². The number of carbonyl (C=O) groups is 1. The van der Waals surface area contributed by atoms with Gasteiger partial charge in [-0.25, -0.2) is 0 Å². The summed E-state index contributed by atoms with van der Waals surface area (Å²) in [5, 5.41) is 2.78. The van der Waals surface area contributed by atoms with Gasteiger partial charge in [0.2, 0.25) is 5.91 Å². The van der Waals surface area contributed by atoms with Crippen LogP contribution in [0.3, 0.4) is 0 Å². The Kier molecular flexibility index (Phi) is 9.30. The molecule has 7 heteroatoms. The summed E-state index contributed by atoms with van der Waals surface area (Å²) in [5.74, 6) is 1.28. The highest BCUT2D eigenvalue weighted by Gasteiger charge is 2.32. The molecule has 1 heterocycles. The maximum atomic E-state index is 13.1. The topological polar surface area (TPSA) is 41.6 Å². The van der Waals surface area contributed by atoms with E-state index >= 15 is 0 Å². The first-order chi connectivity index (χ1) is 17.9. The highest BCUT2D eigenvalue weighted by Crippen LogP contribution is 2.40. The summed E-state index contributed by atoms with van der Waals surface area (Å²) in [4.78, 5) is 14.5. The number of rotatable bonds is 9. The number of methoxy groups -OCH3 is 1. The number of benzene rings is 2. The van der Waals surface area contributed by atoms with Crippen LogP contribution in [0.25, 0.3) is 6.08 Å². The molecule has 0 radical (unpaired) electrons. The molecule has 0 aromatic heterocycles. The first-order valence-electron chi connectivity index (χ1n) is 13.4. The molecule has 1 aliphatic heterocycles. The van der Waals surface area contributed by atoms with Gasteiger partial charge >= 0.3 is 6.18 Å². The lowest BCUT2D eigenvalue weighted by molar-refractivity contribution is -0.137. The molecule has 1 amide bonds. The summed E-state index contributed by atoms with van der Waals surface area (Å²) in [6.45, 7) is 3.60. The number of likely N-dealkylation sites (tertiary alicyclic amines) is 1. The molecule has 1 fully saturated rings. The third-order valence-corrected chi connectivity index (χ3v) is 7.62. The number of ether oxygens (including phenoxy) is 1. The van der Waals surface area contributed by atoms with Crippen molar-refractivity contribution in [2.75, 3.05) is 33.3 Å². The van der Waals surface area contributed by atoms with E-state index in [1.165, 1.54) is 59.9 Å². The van der Waals surface area contributed by atoms with Gasteiger partial charge in [-0.1, -0.05) is 30.3 Å². The van der Waals surface area contributed by atoms with Gasteiger partial charge in [0.1, 0.15) is 5.75 Å². The molecule has 0 bridgehead atoms. The van der Waals surface area contributed by atoms with Gasteiger partial charge < -0.3 is 15.0 Å². The van der Waals surface area contributed by atoms with Crippen molar-refractivity contribution >= 4 is 12.0 Å². The number of piperidine rings is 1. The largest absolute Gasteiger partial charge is 0.496 e. The van der Waals surface area contributed by atoms with Crippen molar-refractivity contribution in [1.29, 1.82) is 0 Å². The summed E-state index contributed by atoms with van der Waals surface area (Å²) in [6.07, 6.45) is 6.78. The SMILES string of the molecule is COc1c(C2CCN(CCCCNC(=O)/C=C/c3ccccc3C(F)(F)F)CC2)ccc2c1CCCC2. The minimum absolute atomic E-state index is 0.0124. The van der Waals surface area contributed by atoms with Crippen molar-refractivity contribution < 1.29 is 22.7 Å². The van der Waals surface area contributed by atoms with Gasteiger partial charge in [-0.15, -0.1) is 0 Å². The predicted molar refractivity (Wildman–Crippen MR) is 141 cm³/mol. The van der Waals surface area contributed by atoms with E-state index in [1.54, 1.807) is 7.11 Å². The summed E-state index contributed by atoms with van der Waals surface area (Å²) < 4.78 is 45.1. The fourth-order valence-corrected chi connectivity index (χ4v) is 5.64. The van der Waals surface area contributed by atoms with Crippen LogP contribution in [0, 0.1) is 0 Å². The molecule has 1 saturated heterocycles. The molecule has 2 aliphatic rings. The highest BCUT2D eigenvalue weighted by atomic mass is 19.4. The Morgan fingerprint density at radius 3 is 2.59 bits per heavy atom. The van der Waals surface area contributed by atoms with E-state index in [2.05, 4.69) is 22.3 Å². The van der Waals surface area contributed by atoms with E-state index < -0.39 is 11.7 Å². The van der Waals surface area contributed by atoms with Crippen LogP contribution in [0.15, 0.2) is 42.5 Å². The Morgan fingerprint density at radius 1 is 1.08 bits per heavy atom. The van der Waals surface area contributed by atoms with Crippen LogP contribution >= 0.6 is 0 Å². The Hall–Kier alpha value is -2.80. The van der Waals surface area contributed by atoms with Crippen LogP contribution in [0.4, 0.5) is 13.2 Å². The molecular weight excluding hydrogens is 477 g/mol. The average molecular weight is 515 g/mol. The van der Waals surface area contributed by atoms with Gasteiger partial charge in [-0.05, 0) is 111 Å². The first-order valence-corrected chi connectivity index (χ1v) is 13.4. The zero-order valence-electron chi connectivity index (χ0n) is 21.6. The molecule has 200 valence electrons. The summed E-state index contributed by atoms with van der Waals surface area (Å²) in [5.41, 5.74) is 3.50. The number of amides is 1. The number of aryl methyl sites for hydroxylation is 1. The second-order valence-electron chi connectivity index (χ2n) is 10.1. The molecule has 2 aromatic rings. The Morgan fingerprint density at radius 2 is 1.84 bits per heavy atom. The highest BCUT2D eigenvalue weighted by molar-refractivity contribution is 5.91. The van der Waals surface area contributed by atoms with Gasteiger partial charge in [-0.2, -0.15) is 13.2 Å². The minimum atomic E-state index is -4.45. The molecule has 0 unspecified atom stereocenters. The lowest BCUT2D eigenvalue weighted by Crippen LogP contribution is -2.34. The van der Waals surface area contributed by atoms with Gasteiger partial charge in [0.15, 0.2) is 0 Å². The number of fused-ring (bicyclic) bond motifs is 1. The molecule has 37 heavy (non-hydrogen) atoms. The Balaban J connectivity index is 1.17. The van der Waals surface area contributed by atoms with Crippen molar-refractivity contribution in [3.05, 3.63) is 70.3 Å². The van der Waals surface area contributed by atoms with Gasteiger partial charge in [0, 0.05) is 12.6 Å². The molecule has 0 saturated carbocycles. The normalized spacial score (nSPS) is 17.1. The van der Waals surface area contributed by atoms with Crippen molar-refractivity contribution in [3.8, 4) is 5.75 Å². The fraction of sp³-hybridized carbons (Fsp3) is 0.500. The number of alkyl halides is 3. The van der Waals surface area contributed by atoms with Crippen molar-refractivity contribution in [1.82, 2.24) is 10.2 Å². The number of nitrogens with zero attached hydrogens (tertiary/aromatic N) is 1. The standard InChI is InChI=1S/C30H37F3N2O2/c1-37-29-25-10-4-2-8-22(25)12-14-26(29)23-16-20-35(21-17-23)19-7-6-18-34-28(36)15-13-24-9-3-5-11-27(24)30(31,32)33/h3,5,9,11-15,23H,2,4,6-8,10,16-21H2,1H3,(H,34,36)/b15-13+. The smallest absolute Gasteiger partial charge is 0.416 e. The quantitative estimate of drug-likeness (QED) is 0.312. The van der Waals surface area contributed by atoms with E-state index in [-0.39, 0.29) is 11.5 Å². The van der Waals surface area contributed by atoms with Gasteiger partial charge in [-0.3, -0.25) is 4.79 Å². The molecule has 0 spiro atoms. The number of hydrogen-bond acceptors (Lipinski definition) is 3. The minimum Gasteiger partial charge on any atom is -0.496 e. The second-order valence-corrected chi connectivity index (χ2v) is 10.1. The van der Waals surface area contributed by atoms with Crippen molar-refractivity contribution in [2.24, 2.45) is 0 Å². The average Bonchev–Trinajstić information content (AvgIpc) is 2.91.